The molecular weight excluding hydrogens is 351 g/mol. The number of hydrogen-bond donors (Lipinski definition) is 1. The Morgan fingerprint density at radius 3 is 2.18 bits per heavy atom. The molecule has 28 heavy (non-hydrogen) atoms. The zero-order valence-corrected chi connectivity index (χ0v) is 15.9. The number of halogens is 1. The number of nitrogens with one attached hydrogen (secondary N) is 1. The van der Waals surface area contributed by atoms with Crippen LogP contribution in [-0.4, -0.2) is 25.5 Å². The minimum atomic E-state index is -0.562. The fourth-order valence-electron chi connectivity index (χ4n) is 3.52. The molecule has 0 saturated carbocycles. The van der Waals surface area contributed by atoms with Crippen molar-refractivity contribution in [2.75, 3.05) is 19.8 Å². The molecule has 1 atom stereocenters. The van der Waals surface area contributed by atoms with E-state index in [4.69, 9.17) is 9.73 Å². The van der Waals surface area contributed by atoms with Gasteiger partial charge in [-0.15, -0.1) is 0 Å². The lowest BCUT2D eigenvalue weighted by atomic mass is 9.91. The summed E-state index contributed by atoms with van der Waals surface area (Å²) in [5.41, 5.74) is 3.63. The first-order valence-corrected chi connectivity index (χ1v) is 9.48. The summed E-state index contributed by atoms with van der Waals surface area (Å²) in [6.45, 7) is 3.73. The minimum absolute atomic E-state index is 0.250. The van der Waals surface area contributed by atoms with Gasteiger partial charge in [0.2, 0.25) is 0 Å². The molecule has 1 heterocycles. The molecule has 3 aromatic rings. The van der Waals surface area contributed by atoms with E-state index >= 15 is 0 Å². The van der Waals surface area contributed by atoms with Crippen molar-refractivity contribution in [1.29, 1.82) is 0 Å². The number of benzene rings is 3. The van der Waals surface area contributed by atoms with Crippen LogP contribution in [0.15, 0.2) is 83.9 Å². The number of morpholine rings is 1. The van der Waals surface area contributed by atoms with E-state index in [9.17, 15) is 4.39 Å². The second-order valence-corrected chi connectivity index (χ2v) is 7.17. The standard InChI is InChI=1S/C24H23FN2O/c1-24(17-28-15-14-26-24)21-16-20(12-13-22(21)25)27-23(18-8-4-2-5-9-18)19-10-6-3-7-11-19/h2-13,16,26H,14-15,17H2,1H3/t24-/m0/s1. The molecule has 3 nitrogen and oxygen atoms in total. The van der Waals surface area contributed by atoms with E-state index in [1.54, 1.807) is 6.07 Å². The Kier molecular flexibility index (Phi) is 5.33. The van der Waals surface area contributed by atoms with Crippen molar-refractivity contribution < 1.29 is 9.13 Å². The van der Waals surface area contributed by atoms with E-state index in [0.717, 1.165) is 16.8 Å². The van der Waals surface area contributed by atoms with Gasteiger partial charge < -0.3 is 10.1 Å². The highest BCUT2D eigenvalue weighted by atomic mass is 19.1. The highest BCUT2D eigenvalue weighted by Gasteiger charge is 2.32. The molecule has 0 spiro atoms. The molecule has 0 bridgehead atoms. The first-order valence-electron chi connectivity index (χ1n) is 9.48. The number of hydrogen-bond acceptors (Lipinski definition) is 3. The van der Waals surface area contributed by atoms with E-state index in [1.807, 2.05) is 73.7 Å². The van der Waals surface area contributed by atoms with Gasteiger partial charge in [-0.05, 0) is 25.1 Å². The third-order valence-corrected chi connectivity index (χ3v) is 5.03. The average Bonchev–Trinajstić information content (AvgIpc) is 2.75. The lowest BCUT2D eigenvalue weighted by Crippen LogP contribution is -2.49. The Hall–Kier alpha value is -2.82. The molecule has 1 aliphatic rings. The lowest BCUT2D eigenvalue weighted by molar-refractivity contribution is 0.0323. The maximum absolute atomic E-state index is 14.6. The quantitative estimate of drug-likeness (QED) is 0.664. The van der Waals surface area contributed by atoms with Gasteiger partial charge >= 0.3 is 0 Å². The Labute approximate surface area is 164 Å². The van der Waals surface area contributed by atoms with Crippen molar-refractivity contribution in [2.24, 2.45) is 4.99 Å². The molecule has 1 saturated heterocycles. The van der Waals surface area contributed by atoms with Gasteiger partial charge in [0.05, 0.1) is 30.2 Å². The maximum atomic E-state index is 14.6. The van der Waals surface area contributed by atoms with Gasteiger partial charge in [0.25, 0.3) is 0 Å². The first-order chi connectivity index (χ1) is 13.7. The molecule has 0 aliphatic carbocycles. The topological polar surface area (TPSA) is 33.6 Å². The Balaban J connectivity index is 1.80. The maximum Gasteiger partial charge on any atom is 0.128 e. The first kappa shape index (κ1) is 18.5. The van der Waals surface area contributed by atoms with Crippen molar-refractivity contribution in [3.63, 3.8) is 0 Å². The number of nitrogens with zero attached hydrogens (tertiary/aromatic N) is 1. The zero-order valence-electron chi connectivity index (χ0n) is 15.9. The molecule has 1 aliphatic heterocycles. The van der Waals surface area contributed by atoms with E-state index in [2.05, 4.69) is 5.32 Å². The summed E-state index contributed by atoms with van der Waals surface area (Å²) in [5.74, 6) is -0.250. The van der Waals surface area contributed by atoms with Gasteiger partial charge in [-0.2, -0.15) is 0 Å². The zero-order chi connectivity index (χ0) is 19.4. The highest BCUT2D eigenvalue weighted by molar-refractivity contribution is 6.13. The van der Waals surface area contributed by atoms with Gasteiger partial charge in [0.15, 0.2) is 0 Å². The van der Waals surface area contributed by atoms with Crippen molar-refractivity contribution in [3.05, 3.63) is 101 Å². The Morgan fingerprint density at radius 1 is 0.964 bits per heavy atom. The highest BCUT2D eigenvalue weighted by Crippen LogP contribution is 2.30. The van der Waals surface area contributed by atoms with E-state index in [-0.39, 0.29) is 5.82 Å². The largest absolute Gasteiger partial charge is 0.378 e. The predicted octanol–water partition coefficient (Wildman–Crippen LogP) is 4.83. The summed E-state index contributed by atoms with van der Waals surface area (Å²) in [5, 5.41) is 3.38. The molecule has 4 rings (SSSR count). The van der Waals surface area contributed by atoms with Crippen LogP contribution in [0.3, 0.4) is 0 Å². The van der Waals surface area contributed by atoms with E-state index in [1.165, 1.54) is 6.07 Å². The van der Waals surface area contributed by atoms with Gasteiger partial charge in [-0.1, -0.05) is 60.7 Å². The summed E-state index contributed by atoms with van der Waals surface area (Å²) in [6.07, 6.45) is 0. The van der Waals surface area contributed by atoms with Crippen LogP contribution in [-0.2, 0) is 10.3 Å². The van der Waals surface area contributed by atoms with Crippen LogP contribution in [0.1, 0.15) is 23.6 Å². The Bertz CT molecular complexity index is 923. The third kappa shape index (κ3) is 3.88. The number of aliphatic imine (C=N–C) groups is 1. The summed E-state index contributed by atoms with van der Waals surface area (Å²) in [6, 6.07) is 25.1. The molecule has 0 radical (unpaired) electrons. The number of rotatable bonds is 4. The van der Waals surface area contributed by atoms with Crippen molar-refractivity contribution >= 4 is 11.4 Å². The predicted molar refractivity (Wildman–Crippen MR) is 111 cm³/mol. The molecule has 1 fully saturated rings. The minimum Gasteiger partial charge on any atom is -0.378 e. The smallest absolute Gasteiger partial charge is 0.128 e. The molecular formula is C24H23FN2O. The average molecular weight is 374 g/mol. The van der Waals surface area contributed by atoms with Crippen molar-refractivity contribution in [1.82, 2.24) is 5.32 Å². The van der Waals surface area contributed by atoms with Crippen LogP contribution in [0.5, 0.6) is 0 Å². The SMILES string of the molecule is C[C@@]1(c2cc(N=C(c3ccccc3)c3ccccc3)ccc2F)COCCN1. The van der Waals surface area contributed by atoms with Gasteiger partial charge in [0, 0.05) is 23.2 Å². The van der Waals surface area contributed by atoms with Gasteiger partial charge in [0.1, 0.15) is 5.82 Å². The molecule has 0 aromatic heterocycles. The number of ether oxygens (including phenoxy) is 1. The summed E-state index contributed by atoms with van der Waals surface area (Å²) in [4.78, 5) is 4.91. The molecule has 0 amide bonds. The van der Waals surface area contributed by atoms with Crippen LogP contribution < -0.4 is 5.32 Å². The summed E-state index contributed by atoms with van der Waals surface area (Å²) < 4.78 is 20.2. The molecule has 4 heteroatoms. The Morgan fingerprint density at radius 2 is 1.61 bits per heavy atom. The normalized spacial score (nSPS) is 19.2. The van der Waals surface area contributed by atoms with E-state index in [0.29, 0.717) is 31.0 Å². The van der Waals surface area contributed by atoms with Gasteiger partial charge in [-0.3, -0.25) is 0 Å². The monoisotopic (exact) mass is 374 g/mol. The van der Waals surface area contributed by atoms with Crippen LogP contribution in [0.4, 0.5) is 10.1 Å². The van der Waals surface area contributed by atoms with Crippen LogP contribution in [0.25, 0.3) is 0 Å². The summed E-state index contributed by atoms with van der Waals surface area (Å²) >= 11 is 0. The van der Waals surface area contributed by atoms with Crippen LogP contribution in [0, 0.1) is 5.82 Å². The molecule has 3 aromatic carbocycles. The van der Waals surface area contributed by atoms with E-state index < -0.39 is 5.54 Å². The molecule has 142 valence electrons. The molecule has 1 N–H and O–H groups in total. The fraction of sp³-hybridized carbons (Fsp3) is 0.208. The van der Waals surface area contributed by atoms with Crippen LogP contribution in [0.2, 0.25) is 0 Å². The second kappa shape index (κ2) is 8.05. The third-order valence-electron chi connectivity index (χ3n) is 5.03. The second-order valence-electron chi connectivity index (χ2n) is 7.17. The van der Waals surface area contributed by atoms with Crippen molar-refractivity contribution in [2.45, 2.75) is 12.5 Å². The van der Waals surface area contributed by atoms with Gasteiger partial charge in [-0.25, -0.2) is 9.38 Å². The fourth-order valence-corrected chi connectivity index (χ4v) is 3.52. The van der Waals surface area contributed by atoms with Crippen molar-refractivity contribution in [3.8, 4) is 0 Å². The molecule has 0 unspecified atom stereocenters. The van der Waals surface area contributed by atoms with Crippen LogP contribution >= 0.6 is 0 Å². The summed E-state index contributed by atoms with van der Waals surface area (Å²) in [7, 11) is 0. The lowest BCUT2D eigenvalue weighted by Gasteiger charge is -2.35.